The fourth-order valence-corrected chi connectivity index (χ4v) is 3.48. The average molecular weight is 427 g/mol. The number of anilines is 1. The van der Waals surface area contributed by atoms with Gasteiger partial charge in [0.05, 0.1) is 11.4 Å². The summed E-state index contributed by atoms with van der Waals surface area (Å²) in [6, 6.07) is 6.19. The molecule has 1 amide bonds. The molecule has 1 saturated heterocycles. The fraction of sp³-hybridized carbons (Fsp3) is 0.455. The Kier molecular flexibility index (Phi) is 5.86. The van der Waals surface area contributed by atoms with E-state index in [0.29, 0.717) is 43.3 Å². The molecule has 1 aliphatic carbocycles. The molecule has 0 radical (unpaired) electrons. The topological polar surface area (TPSA) is 91.6 Å². The SMILES string of the molecule is COCC(=O)N1CCN(c2cc(C(=N)c3ccc(F)c(OC4(C)CC4)c3)ncn2)CC1. The van der Waals surface area contributed by atoms with E-state index in [1.807, 2.05) is 6.92 Å². The van der Waals surface area contributed by atoms with Crippen LogP contribution < -0.4 is 9.64 Å². The molecule has 8 nitrogen and oxygen atoms in total. The summed E-state index contributed by atoms with van der Waals surface area (Å²) in [7, 11) is 1.51. The number of amides is 1. The van der Waals surface area contributed by atoms with Crippen LogP contribution in [0.3, 0.4) is 0 Å². The first kappa shape index (κ1) is 21.2. The molecule has 1 saturated carbocycles. The van der Waals surface area contributed by atoms with Crippen molar-refractivity contribution in [3.8, 4) is 5.75 Å². The van der Waals surface area contributed by atoms with Crippen molar-refractivity contribution < 1.29 is 18.7 Å². The summed E-state index contributed by atoms with van der Waals surface area (Å²) in [5.74, 6) is 0.390. The Balaban J connectivity index is 1.47. The van der Waals surface area contributed by atoms with E-state index in [2.05, 4.69) is 14.9 Å². The highest BCUT2D eigenvalue weighted by molar-refractivity contribution is 6.10. The van der Waals surface area contributed by atoms with Crippen molar-refractivity contribution >= 4 is 17.4 Å². The van der Waals surface area contributed by atoms with Gasteiger partial charge >= 0.3 is 0 Å². The van der Waals surface area contributed by atoms with Gasteiger partial charge in [0.15, 0.2) is 11.6 Å². The first-order valence-corrected chi connectivity index (χ1v) is 10.3. The molecule has 31 heavy (non-hydrogen) atoms. The van der Waals surface area contributed by atoms with Crippen molar-refractivity contribution in [3.63, 3.8) is 0 Å². The quantitative estimate of drug-likeness (QED) is 0.682. The molecule has 2 aromatic rings. The van der Waals surface area contributed by atoms with E-state index in [1.54, 1.807) is 23.1 Å². The highest BCUT2D eigenvalue weighted by atomic mass is 19.1. The predicted octanol–water partition coefficient (Wildman–Crippen LogP) is 2.26. The van der Waals surface area contributed by atoms with Crippen LogP contribution in [0.25, 0.3) is 0 Å². The lowest BCUT2D eigenvalue weighted by molar-refractivity contribution is -0.135. The first-order valence-electron chi connectivity index (χ1n) is 10.3. The number of halogens is 1. The van der Waals surface area contributed by atoms with Gasteiger partial charge in [-0.05, 0) is 38.0 Å². The molecule has 0 bridgehead atoms. The van der Waals surface area contributed by atoms with Crippen molar-refractivity contribution in [1.82, 2.24) is 14.9 Å². The van der Waals surface area contributed by atoms with Crippen LogP contribution >= 0.6 is 0 Å². The maximum Gasteiger partial charge on any atom is 0.248 e. The Morgan fingerprint density at radius 3 is 2.61 bits per heavy atom. The minimum atomic E-state index is -0.436. The van der Waals surface area contributed by atoms with Gasteiger partial charge in [0.1, 0.15) is 24.4 Å². The normalized spacial score (nSPS) is 17.4. The molecule has 9 heteroatoms. The van der Waals surface area contributed by atoms with Crippen LogP contribution in [-0.2, 0) is 9.53 Å². The molecule has 2 fully saturated rings. The van der Waals surface area contributed by atoms with Crippen LogP contribution in [-0.4, -0.2) is 72.0 Å². The summed E-state index contributed by atoms with van der Waals surface area (Å²) < 4.78 is 24.9. The van der Waals surface area contributed by atoms with Gasteiger partial charge in [0.25, 0.3) is 0 Å². The molecule has 1 aromatic carbocycles. The number of ether oxygens (including phenoxy) is 2. The number of piperazine rings is 1. The smallest absolute Gasteiger partial charge is 0.248 e. The maximum atomic E-state index is 14.2. The molecule has 0 atom stereocenters. The second kappa shape index (κ2) is 8.58. The fourth-order valence-electron chi connectivity index (χ4n) is 3.48. The van der Waals surface area contributed by atoms with Crippen molar-refractivity contribution in [2.75, 3.05) is 44.8 Å². The maximum absolute atomic E-state index is 14.2. The molecular weight excluding hydrogens is 401 g/mol. The largest absolute Gasteiger partial charge is 0.484 e. The first-order chi connectivity index (χ1) is 14.9. The van der Waals surface area contributed by atoms with Crippen LogP contribution in [0.1, 0.15) is 31.0 Å². The zero-order chi connectivity index (χ0) is 22.0. The monoisotopic (exact) mass is 427 g/mol. The third-order valence-electron chi connectivity index (χ3n) is 5.66. The van der Waals surface area contributed by atoms with Gasteiger partial charge in [-0.15, -0.1) is 0 Å². The second-order valence-electron chi connectivity index (χ2n) is 8.13. The van der Waals surface area contributed by atoms with Crippen molar-refractivity contribution in [3.05, 3.63) is 47.7 Å². The summed E-state index contributed by atoms with van der Waals surface area (Å²) in [5.41, 5.74) is 0.831. The lowest BCUT2D eigenvalue weighted by Gasteiger charge is -2.35. The number of methoxy groups -OCH3 is 1. The van der Waals surface area contributed by atoms with Gasteiger partial charge in [-0.3, -0.25) is 10.2 Å². The van der Waals surface area contributed by atoms with Crippen LogP contribution in [0.4, 0.5) is 10.2 Å². The van der Waals surface area contributed by atoms with Crippen LogP contribution in [0, 0.1) is 11.2 Å². The molecule has 1 N–H and O–H groups in total. The Morgan fingerprint density at radius 1 is 1.19 bits per heavy atom. The number of rotatable bonds is 7. The Labute approximate surface area is 180 Å². The highest BCUT2D eigenvalue weighted by Crippen LogP contribution is 2.40. The predicted molar refractivity (Wildman–Crippen MR) is 113 cm³/mol. The van der Waals surface area contributed by atoms with Gasteiger partial charge in [-0.2, -0.15) is 0 Å². The lowest BCUT2D eigenvalue weighted by Crippen LogP contribution is -2.50. The van der Waals surface area contributed by atoms with Gasteiger partial charge in [-0.25, -0.2) is 14.4 Å². The molecule has 164 valence electrons. The molecular formula is C22H26FN5O3. The molecule has 1 aliphatic heterocycles. The van der Waals surface area contributed by atoms with Crippen molar-refractivity contribution in [2.24, 2.45) is 0 Å². The minimum absolute atomic E-state index is 0.0262. The third kappa shape index (κ3) is 4.82. The van der Waals surface area contributed by atoms with E-state index in [-0.39, 0.29) is 29.6 Å². The zero-order valence-electron chi connectivity index (χ0n) is 17.7. The number of nitrogens with zero attached hydrogens (tertiary/aromatic N) is 4. The number of hydrogen-bond acceptors (Lipinski definition) is 7. The standard InChI is InChI=1S/C22H26FN5O3/c1-22(5-6-22)31-18-11-15(3-4-16(18)23)21(24)17-12-19(26-14-25-17)27-7-9-28(10-8-27)20(29)13-30-2/h3-4,11-12,14,24H,5-10,13H2,1-2H3. The van der Waals surface area contributed by atoms with E-state index < -0.39 is 5.82 Å². The number of carbonyl (C=O) groups excluding carboxylic acids is 1. The van der Waals surface area contributed by atoms with E-state index in [0.717, 1.165) is 12.8 Å². The summed E-state index contributed by atoms with van der Waals surface area (Å²) in [6.45, 7) is 4.45. The van der Waals surface area contributed by atoms with Crippen LogP contribution in [0.2, 0.25) is 0 Å². The molecule has 1 aromatic heterocycles. The molecule has 4 rings (SSSR count). The Morgan fingerprint density at radius 2 is 1.94 bits per heavy atom. The lowest BCUT2D eigenvalue weighted by atomic mass is 10.1. The van der Waals surface area contributed by atoms with Gasteiger partial charge in [0.2, 0.25) is 5.91 Å². The summed E-state index contributed by atoms with van der Waals surface area (Å²) >= 11 is 0. The molecule has 0 unspecified atom stereocenters. The number of nitrogens with one attached hydrogen (secondary N) is 1. The summed E-state index contributed by atoms with van der Waals surface area (Å²) in [4.78, 5) is 24.4. The highest BCUT2D eigenvalue weighted by Gasteiger charge is 2.40. The summed E-state index contributed by atoms with van der Waals surface area (Å²) in [6.07, 6.45) is 3.22. The number of benzene rings is 1. The molecule has 2 heterocycles. The van der Waals surface area contributed by atoms with Crippen molar-refractivity contribution in [2.45, 2.75) is 25.4 Å². The average Bonchev–Trinajstić information content (AvgIpc) is 3.52. The van der Waals surface area contributed by atoms with Gasteiger partial charge < -0.3 is 19.3 Å². The second-order valence-corrected chi connectivity index (χ2v) is 8.13. The zero-order valence-corrected chi connectivity index (χ0v) is 17.7. The van der Waals surface area contributed by atoms with Gasteiger partial charge in [0, 0.05) is 44.9 Å². The van der Waals surface area contributed by atoms with E-state index in [1.165, 1.54) is 19.5 Å². The molecule has 2 aliphatic rings. The Hall–Kier alpha value is -3.07. The van der Waals surface area contributed by atoms with Crippen LogP contribution in [0.15, 0.2) is 30.6 Å². The van der Waals surface area contributed by atoms with Crippen LogP contribution in [0.5, 0.6) is 5.75 Å². The minimum Gasteiger partial charge on any atom is -0.484 e. The van der Waals surface area contributed by atoms with Gasteiger partial charge in [-0.1, -0.05) is 0 Å². The molecule has 0 spiro atoms. The van der Waals surface area contributed by atoms with Crippen molar-refractivity contribution in [1.29, 1.82) is 5.41 Å². The van der Waals surface area contributed by atoms with E-state index in [4.69, 9.17) is 14.9 Å². The van der Waals surface area contributed by atoms with E-state index in [9.17, 15) is 9.18 Å². The Bertz CT molecular complexity index is 987. The van der Waals surface area contributed by atoms with E-state index >= 15 is 0 Å². The number of hydrogen-bond donors (Lipinski definition) is 1. The summed E-state index contributed by atoms with van der Waals surface area (Å²) in [5, 5.41) is 8.58. The third-order valence-corrected chi connectivity index (χ3v) is 5.66. The number of carbonyl (C=O) groups is 1. The number of aromatic nitrogens is 2.